The van der Waals surface area contributed by atoms with Gasteiger partial charge in [0.1, 0.15) is 12.2 Å². The van der Waals surface area contributed by atoms with Crippen LogP contribution in [0.4, 0.5) is 17.6 Å². The molecule has 3 aromatic rings. The van der Waals surface area contributed by atoms with Crippen molar-refractivity contribution in [1.82, 2.24) is 24.4 Å². The molecular formula is C24H26F4N6O4. The van der Waals surface area contributed by atoms with E-state index in [0.29, 0.717) is 18.5 Å². The minimum Gasteiger partial charge on any atom is -0.475 e. The van der Waals surface area contributed by atoms with Crippen molar-refractivity contribution in [2.45, 2.75) is 30.7 Å². The number of carbonyl (C=O) groups excluding carboxylic acids is 2. The van der Waals surface area contributed by atoms with E-state index in [4.69, 9.17) is 15.6 Å². The Bertz CT molecular complexity index is 1300. The summed E-state index contributed by atoms with van der Waals surface area (Å²) in [6.07, 6.45) is -2.38. The first-order valence-corrected chi connectivity index (χ1v) is 11.4. The average molecular weight is 539 g/mol. The molecule has 0 spiro atoms. The minimum atomic E-state index is -5.08. The average Bonchev–Trinajstić information content (AvgIpc) is 3.52. The van der Waals surface area contributed by atoms with Crippen LogP contribution in [0.1, 0.15) is 17.9 Å². The quantitative estimate of drug-likeness (QED) is 0.475. The number of alkyl halides is 4. The summed E-state index contributed by atoms with van der Waals surface area (Å²) in [6, 6.07) is 9.92. The van der Waals surface area contributed by atoms with Gasteiger partial charge >= 0.3 is 12.1 Å². The van der Waals surface area contributed by atoms with E-state index in [1.54, 1.807) is 43.1 Å². The largest absolute Gasteiger partial charge is 0.490 e. The van der Waals surface area contributed by atoms with Gasteiger partial charge in [0.25, 0.3) is 0 Å². The first kappa shape index (κ1) is 28.5. The fourth-order valence-electron chi connectivity index (χ4n) is 3.88. The summed E-state index contributed by atoms with van der Waals surface area (Å²) < 4.78 is 47.0. The van der Waals surface area contributed by atoms with E-state index in [2.05, 4.69) is 10.1 Å². The fraction of sp³-hybridized carbons (Fsp3) is 0.375. The minimum absolute atomic E-state index is 0.0245. The zero-order valence-electron chi connectivity index (χ0n) is 20.5. The van der Waals surface area contributed by atoms with E-state index in [1.165, 1.54) is 9.80 Å². The molecule has 0 bridgehead atoms. The molecule has 1 saturated heterocycles. The number of likely N-dealkylation sites (N-methyl/N-ethyl adjacent to an activating group) is 1. The molecular weight excluding hydrogens is 512 g/mol. The standard InChI is InChI=1S/C22H25FN6O2.C2HF3O2/c1-27(2)21(30)19(20(24)22(31)28-11-9-16(23)13-28)15-5-3-14(4-6-15)17-7-8-18-25-10-12-29(18)26-17;3-2(4,5)1(6)7/h3-8,10,12,16,19-20H,9,11,13,24H2,1-2H3;(H,6,7)/t16-,19-,20-;/m0./s1. The first-order chi connectivity index (χ1) is 17.8. The van der Waals surface area contributed by atoms with E-state index < -0.39 is 36.2 Å². The molecule has 0 saturated carbocycles. The lowest BCUT2D eigenvalue weighted by Gasteiger charge is -2.28. The highest BCUT2D eigenvalue weighted by atomic mass is 19.4. The Morgan fingerprint density at radius 1 is 1.13 bits per heavy atom. The number of aromatic nitrogens is 3. The Labute approximate surface area is 214 Å². The molecule has 3 heterocycles. The third kappa shape index (κ3) is 6.62. The zero-order valence-corrected chi connectivity index (χ0v) is 20.5. The summed E-state index contributed by atoms with van der Waals surface area (Å²) in [7, 11) is 3.25. The molecule has 38 heavy (non-hydrogen) atoms. The van der Waals surface area contributed by atoms with Gasteiger partial charge in [0, 0.05) is 38.6 Å². The lowest BCUT2D eigenvalue weighted by atomic mass is 9.89. The van der Waals surface area contributed by atoms with E-state index >= 15 is 0 Å². The number of fused-ring (bicyclic) bond motifs is 1. The Kier molecular flexibility index (Phi) is 8.66. The number of benzene rings is 1. The summed E-state index contributed by atoms with van der Waals surface area (Å²) in [6.45, 7) is 0.342. The number of amides is 2. The van der Waals surface area contributed by atoms with Crippen LogP contribution in [-0.4, -0.2) is 92.9 Å². The molecule has 14 heteroatoms. The lowest BCUT2D eigenvalue weighted by Crippen LogP contribution is -2.50. The van der Waals surface area contributed by atoms with Crippen LogP contribution in [0.15, 0.2) is 48.8 Å². The van der Waals surface area contributed by atoms with Crippen molar-refractivity contribution in [1.29, 1.82) is 0 Å². The van der Waals surface area contributed by atoms with Crippen molar-refractivity contribution in [3.8, 4) is 11.3 Å². The maximum Gasteiger partial charge on any atom is 0.490 e. The molecule has 0 unspecified atom stereocenters. The summed E-state index contributed by atoms with van der Waals surface area (Å²) >= 11 is 0. The van der Waals surface area contributed by atoms with Crippen molar-refractivity contribution >= 4 is 23.4 Å². The highest BCUT2D eigenvalue weighted by Crippen LogP contribution is 2.27. The number of halogens is 4. The normalized spacial score (nSPS) is 16.9. The van der Waals surface area contributed by atoms with Gasteiger partial charge in [-0.2, -0.15) is 18.3 Å². The third-order valence-corrected chi connectivity index (χ3v) is 5.86. The van der Waals surface area contributed by atoms with E-state index in [-0.39, 0.29) is 12.5 Å². The maximum absolute atomic E-state index is 13.6. The van der Waals surface area contributed by atoms with Crippen LogP contribution in [0.25, 0.3) is 16.9 Å². The number of hydrogen-bond donors (Lipinski definition) is 2. The van der Waals surface area contributed by atoms with Gasteiger partial charge in [-0.15, -0.1) is 0 Å². The molecule has 0 aliphatic carbocycles. The Morgan fingerprint density at radius 3 is 2.29 bits per heavy atom. The Balaban J connectivity index is 0.000000505. The van der Waals surface area contributed by atoms with Crippen molar-refractivity contribution in [3.05, 3.63) is 54.4 Å². The van der Waals surface area contributed by atoms with Crippen LogP contribution in [0.3, 0.4) is 0 Å². The molecule has 2 amide bonds. The predicted molar refractivity (Wildman–Crippen MR) is 128 cm³/mol. The van der Waals surface area contributed by atoms with Gasteiger partial charge in [0.15, 0.2) is 5.65 Å². The molecule has 3 N–H and O–H groups in total. The lowest BCUT2D eigenvalue weighted by molar-refractivity contribution is -0.192. The predicted octanol–water partition coefficient (Wildman–Crippen LogP) is 2.10. The molecule has 2 aromatic heterocycles. The van der Waals surface area contributed by atoms with Crippen LogP contribution in [-0.2, 0) is 14.4 Å². The molecule has 1 aliphatic rings. The Hall–Kier alpha value is -4.07. The summed E-state index contributed by atoms with van der Waals surface area (Å²) in [5, 5.41) is 11.6. The van der Waals surface area contributed by atoms with Crippen molar-refractivity contribution in [2.24, 2.45) is 5.73 Å². The number of aliphatic carboxylic acids is 1. The number of rotatable bonds is 5. The fourth-order valence-corrected chi connectivity index (χ4v) is 3.88. The first-order valence-electron chi connectivity index (χ1n) is 11.4. The molecule has 1 aliphatic heterocycles. The van der Waals surface area contributed by atoms with E-state index in [1.807, 2.05) is 24.3 Å². The number of nitrogens with zero attached hydrogens (tertiary/aromatic N) is 5. The second-order valence-corrected chi connectivity index (χ2v) is 8.78. The third-order valence-electron chi connectivity index (χ3n) is 5.86. The molecule has 3 atom stereocenters. The van der Waals surface area contributed by atoms with Gasteiger partial charge in [-0.25, -0.2) is 18.7 Å². The van der Waals surface area contributed by atoms with Crippen LogP contribution >= 0.6 is 0 Å². The van der Waals surface area contributed by atoms with Gasteiger partial charge in [-0.3, -0.25) is 9.59 Å². The second-order valence-electron chi connectivity index (χ2n) is 8.78. The van der Waals surface area contributed by atoms with Gasteiger partial charge < -0.3 is 20.6 Å². The van der Waals surface area contributed by atoms with Gasteiger partial charge in [-0.05, 0) is 24.1 Å². The SMILES string of the molecule is CN(C)C(=O)[C@@H](c1ccc(-c2ccc3nccn3n2)cc1)[C@H](N)C(=O)N1CC[C@H](F)C1.O=C(O)C(F)(F)F. The van der Waals surface area contributed by atoms with Crippen molar-refractivity contribution in [3.63, 3.8) is 0 Å². The number of carbonyl (C=O) groups is 3. The maximum atomic E-state index is 13.6. The van der Waals surface area contributed by atoms with Crippen LogP contribution in [0.2, 0.25) is 0 Å². The molecule has 10 nitrogen and oxygen atoms in total. The molecule has 204 valence electrons. The Morgan fingerprint density at radius 2 is 1.76 bits per heavy atom. The highest BCUT2D eigenvalue weighted by Gasteiger charge is 2.39. The van der Waals surface area contributed by atoms with E-state index in [9.17, 15) is 27.2 Å². The van der Waals surface area contributed by atoms with Crippen LogP contribution in [0.5, 0.6) is 0 Å². The number of carboxylic acids is 1. The zero-order chi connectivity index (χ0) is 28.2. The number of carboxylic acid groups (broad SMARTS) is 1. The molecule has 4 rings (SSSR count). The smallest absolute Gasteiger partial charge is 0.475 e. The second kappa shape index (κ2) is 11.5. The van der Waals surface area contributed by atoms with Crippen LogP contribution in [0, 0.1) is 0 Å². The van der Waals surface area contributed by atoms with Crippen molar-refractivity contribution < 1.29 is 37.1 Å². The summed E-state index contributed by atoms with van der Waals surface area (Å²) in [5.41, 5.74) is 9.26. The van der Waals surface area contributed by atoms with Crippen LogP contribution < -0.4 is 5.73 Å². The summed E-state index contributed by atoms with van der Waals surface area (Å²) in [5.74, 6) is -4.30. The number of likely N-dealkylation sites (tertiary alicyclic amines) is 1. The highest BCUT2D eigenvalue weighted by molar-refractivity contribution is 5.93. The van der Waals surface area contributed by atoms with Gasteiger partial charge in [0.2, 0.25) is 11.8 Å². The number of hydrogen-bond acceptors (Lipinski definition) is 6. The topological polar surface area (TPSA) is 134 Å². The molecule has 1 aromatic carbocycles. The summed E-state index contributed by atoms with van der Waals surface area (Å²) in [4.78, 5) is 41.7. The van der Waals surface area contributed by atoms with Crippen molar-refractivity contribution in [2.75, 3.05) is 27.2 Å². The molecule has 1 fully saturated rings. The monoisotopic (exact) mass is 538 g/mol. The molecule has 0 radical (unpaired) electrons. The van der Waals surface area contributed by atoms with Gasteiger partial charge in [-0.1, -0.05) is 24.3 Å². The number of imidazole rings is 1. The number of nitrogens with two attached hydrogens (primary N) is 1. The van der Waals surface area contributed by atoms with Gasteiger partial charge in [0.05, 0.1) is 18.2 Å². The van der Waals surface area contributed by atoms with E-state index in [0.717, 1.165) is 16.9 Å².